The summed E-state index contributed by atoms with van der Waals surface area (Å²) >= 11 is 0. The molecule has 1 amide bonds. The van der Waals surface area contributed by atoms with Crippen LogP contribution in [-0.2, 0) is 14.2 Å². The van der Waals surface area contributed by atoms with E-state index in [-0.39, 0.29) is 11.5 Å². The first-order valence-corrected chi connectivity index (χ1v) is 6.62. The van der Waals surface area contributed by atoms with Crippen molar-refractivity contribution in [3.05, 3.63) is 0 Å². The van der Waals surface area contributed by atoms with Crippen LogP contribution in [0.4, 0.5) is 4.79 Å². The van der Waals surface area contributed by atoms with E-state index in [0.29, 0.717) is 26.3 Å². The predicted molar refractivity (Wildman–Crippen MR) is 64.1 cm³/mol. The summed E-state index contributed by atoms with van der Waals surface area (Å²) in [7, 11) is 0. The molecule has 5 heteroatoms. The van der Waals surface area contributed by atoms with Crippen molar-refractivity contribution in [1.29, 1.82) is 0 Å². The average Bonchev–Trinajstić information content (AvgIpc) is 2.76. The average molecular weight is 255 g/mol. The number of amides is 1. The number of hydrogen-bond acceptors (Lipinski definition) is 4. The van der Waals surface area contributed by atoms with Crippen molar-refractivity contribution < 1.29 is 19.0 Å². The fraction of sp³-hybridized carbons (Fsp3) is 0.923. The van der Waals surface area contributed by atoms with Gasteiger partial charge < -0.3 is 19.1 Å². The second kappa shape index (κ2) is 3.61. The van der Waals surface area contributed by atoms with Crippen molar-refractivity contribution in [2.45, 2.75) is 45.0 Å². The zero-order chi connectivity index (χ0) is 13.0. The van der Waals surface area contributed by atoms with Gasteiger partial charge in [-0.15, -0.1) is 0 Å². The van der Waals surface area contributed by atoms with E-state index in [2.05, 4.69) is 0 Å². The normalized spacial score (nSPS) is 28.1. The van der Waals surface area contributed by atoms with Crippen molar-refractivity contribution in [2.24, 2.45) is 5.41 Å². The van der Waals surface area contributed by atoms with E-state index in [9.17, 15) is 4.79 Å². The Hall–Kier alpha value is -0.810. The quantitative estimate of drug-likeness (QED) is 0.662. The summed E-state index contributed by atoms with van der Waals surface area (Å²) in [4.78, 5) is 13.8. The van der Waals surface area contributed by atoms with Crippen LogP contribution < -0.4 is 0 Å². The molecule has 0 bridgehead atoms. The smallest absolute Gasteiger partial charge is 0.410 e. The molecule has 1 saturated carbocycles. The Balaban J connectivity index is 1.72. The van der Waals surface area contributed by atoms with Gasteiger partial charge in [-0.2, -0.15) is 0 Å². The summed E-state index contributed by atoms with van der Waals surface area (Å²) in [5.74, 6) is -0.552. The molecule has 18 heavy (non-hydrogen) atoms. The molecule has 0 aromatic heterocycles. The van der Waals surface area contributed by atoms with Crippen LogP contribution in [0, 0.1) is 5.41 Å². The van der Waals surface area contributed by atoms with E-state index < -0.39 is 11.4 Å². The van der Waals surface area contributed by atoms with Crippen LogP contribution in [0.15, 0.2) is 0 Å². The van der Waals surface area contributed by atoms with Crippen molar-refractivity contribution in [3.63, 3.8) is 0 Å². The van der Waals surface area contributed by atoms with E-state index in [1.165, 1.54) is 0 Å². The first-order chi connectivity index (χ1) is 8.36. The Kier molecular flexibility index (Phi) is 2.45. The van der Waals surface area contributed by atoms with Gasteiger partial charge >= 0.3 is 6.09 Å². The zero-order valence-corrected chi connectivity index (χ0v) is 11.3. The minimum absolute atomic E-state index is 0.0282. The molecule has 5 nitrogen and oxygen atoms in total. The Labute approximate surface area is 107 Å². The van der Waals surface area contributed by atoms with Gasteiger partial charge in [-0.1, -0.05) is 0 Å². The number of carbonyl (C=O) groups is 1. The molecule has 2 heterocycles. The highest BCUT2D eigenvalue weighted by Gasteiger charge is 2.69. The second-order valence-electron chi connectivity index (χ2n) is 6.57. The topological polar surface area (TPSA) is 48.0 Å². The molecule has 0 radical (unpaired) electrons. The maximum absolute atomic E-state index is 12.1. The van der Waals surface area contributed by atoms with Gasteiger partial charge in [-0.25, -0.2) is 4.79 Å². The number of hydrogen-bond donors (Lipinski definition) is 0. The van der Waals surface area contributed by atoms with E-state index >= 15 is 0 Å². The molecule has 3 aliphatic rings. The Morgan fingerprint density at radius 2 is 1.78 bits per heavy atom. The largest absolute Gasteiger partial charge is 0.444 e. The maximum Gasteiger partial charge on any atom is 0.410 e. The van der Waals surface area contributed by atoms with Crippen molar-refractivity contribution in [3.8, 4) is 0 Å². The summed E-state index contributed by atoms with van der Waals surface area (Å²) in [6, 6.07) is 0. The summed E-state index contributed by atoms with van der Waals surface area (Å²) in [6.07, 6.45) is 1.89. The summed E-state index contributed by atoms with van der Waals surface area (Å²) in [6.45, 7) is 8.10. The number of ether oxygens (including phenoxy) is 3. The number of nitrogens with zero attached hydrogens (tertiary/aromatic N) is 1. The third kappa shape index (κ3) is 1.80. The van der Waals surface area contributed by atoms with Gasteiger partial charge in [0.25, 0.3) is 0 Å². The molecular formula is C13H21NO4. The fourth-order valence-corrected chi connectivity index (χ4v) is 2.96. The summed E-state index contributed by atoms with van der Waals surface area (Å²) in [5, 5.41) is 0. The fourth-order valence-electron chi connectivity index (χ4n) is 2.96. The lowest BCUT2D eigenvalue weighted by atomic mass is 10.00. The van der Waals surface area contributed by atoms with E-state index in [1.54, 1.807) is 4.90 Å². The van der Waals surface area contributed by atoms with Gasteiger partial charge in [0.15, 0.2) is 5.79 Å². The molecule has 0 aromatic carbocycles. The first kappa shape index (κ1) is 12.2. The van der Waals surface area contributed by atoms with Gasteiger partial charge in [0.1, 0.15) is 5.60 Å². The Bertz CT molecular complexity index is 364. The van der Waals surface area contributed by atoms with Crippen LogP contribution >= 0.6 is 0 Å². The van der Waals surface area contributed by atoms with Crippen molar-refractivity contribution in [1.82, 2.24) is 4.90 Å². The number of fused-ring (bicyclic) bond motifs is 1. The van der Waals surface area contributed by atoms with Gasteiger partial charge in [0.2, 0.25) is 0 Å². The highest BCUT2D eigenvalue weighted by atomic mass is 16.7. The molecule has 3 fully saturated rings. The van der Waals surface area contributed by atoms with Gasteiger partial charge in [-0.05, 0) is 33.6 Å². The number of rotatable bonds is 0. The lowest BCUT2D eigenvalue weighted by Gasteiger charge is -2.28. The molecule has 0 N–H and O–H groups in total. The van der Waals surface area contributed by atoms with Crippen LogP contribution in [0.2, 0.25) is 0 Å². The number of carbonyl (C=O) groups excluding carboxylic acids is 1. The van der Waals surface area contributed by atoms with Crippen LogP contribution in [0.3, 0.4) is 0 Å². The van der Waals surface area contributed by atoms with Crippen LogP contribution in [0.5, 0.6) is 0 Å². The van der Waals surface area contributed by atoms with Gasteiger partial charge in [0.05, 0.1) is 19.8 Å². The predicted octanol–water partition coefficient (Wildman–Crippen LogP) is 1.76. The van der Waals surface area contributed by atoms with E-state index in [1.807, 2.05) is 20.8 Å². The molecule has 102 valence electrons. The number of likely N-dealkylation sites (tertiary alicyclic amines) is 1. The van der Waals surface area contributed by atoms with Crippen LogP contribution in [-0.4, -0.2) is 48.7 Å². The third-order valence-corrected chi connectivity index (χ3v) is 3.96. The van der Waals surface area contributed by atoms with E-state index in [0.717, 1.165) is 12.8 Å². The standard InChI is InChI=1S/C13H21NO4/c1-11(2,3)18-10(15)14-8-12(4-5-12)13(9-14)16-6-7-17-13/h4-9H2,1-3H3. The van der Waals surface area contributed by atoms with Crippen molar-refractivity contribution in [2.75, 3.05) is 26.3 Å². The monoisotopic (exact) mass is 255 g/mol. The molecular weight excluding hydrogens is 234 g/mol. The third-order valence-electron chi connectivity index (χ3n) is 3.96. The lowest BCUT2D eigenvalue weighted by molar-refractivity contribution is -0.181. The Morgan fingerprint density at radius 3 is 2.28 bits per heavy atom. The molecule has 1 aliphatic carbocycles. The van der Waals surface area contributed by atoms with Crippen LogP contribution in [0.25, 0.3) is 0 Å². The van der Waals surface area contributed by atoms with E-state index in [4.69, 9.17) is 14.2 Å². The van der Waals surface area contributed by atoms with Crippen LogP contribution in [0.1, 0.15) is 33.6 Å². The lowest BCUT2D eigenvalue weighted by Crippen LogP contribution is -2.42. The molecule has 2 spiro atoms. The molecule has 2 saturated heterocycles. The molecule has 0 atom stereocenters. The Morgan fingerprint density at radius 1 is 1.17 bits per heavy atom. The summed E-state index contributed by atoms with van der Waals surface area (Å²) < 4.78 is 17.1. The van der Waals surface area contributed by atoms with Gasteiger partial charge in [0, 0.05) is 12.0 Å². The maximum atomic E-state index is 12.1. The second-order valence-corrected chi connectivity index (χ2v) is 6.57. The molecule has 2 aliphatic heterocycles. The first-order valence-electron chi connectivity index (χ1n) is 6.62. The molecule has 0 aromatic rings. The highest BCUT2D eigenvalue weighted by Crippen LogP contribution is 2.61. The molecule has 0 unspecified atom stereocenters. The van der Waals surface area contributed by atoms with Crippen molar-refractivity contribution >= 4 is 6.09 Å². The SMILES string of the molecule is CC(C)(C)OC(=O)N1CC2(CC2)C2(C1)OCCO2. The summed E-state index contributed by atoms with van der Waals surface area (Å²) in [5.41, 5.74) is -0.429. The zero-order valence-electron chi connectivity index (χ0n) is 11.3. The minimum atomic E-state index is -0.552. The minimum Gasteiger partial charge on any atom is -0.444 e. The highest BCUT2D eigenvalue weighted by molar-refractivity contribution is 5.69. The molecule has 3 rings (SSSR count). The van der Waals surface area contributed by atoms with Gasteiger partial charge in [-0.3, -0.25) is 0 Å².